The molecule has 0 atom stereocenters. The van der Waals surface area contributed by atoms with Crippen LogP contribution in [0.25, 0.3) is 33.8 Å². The van der Waals surface area contributed by atoms with Gasteiger partial charge in [-0.05, 0) is 34.7 Å². The summed E-state index contributed by atoms with van der Waals surface area (Å²) < 4.78 is 5.97. The SMILES string of the molecule is C=C(OC(=C)c1ccc(-c2ccc(C(C)=NC)cc2)cc1)c1ccc(-c2ccccc2)cc1. The van der Waals surface area contributed by atoms with Gasteiger partial charge < -0.3 is 4.74 Å². The molecule has 0 bridgehead atoms. The summed E-state index contributed by atoms with van der Waals surface area (Å²) in [7, 11) is 1.81. The Morgan fingerprint density at radius 1 is 0.545 bits per heavy atom. The largest absolute Gasteiger partial charge is 0.457 e. The first-order valence-electron chi connectivity index (χ1n) is 10.9. The Balaban J connectivity index is 1.41. The molecule has 33 heavy (non-hydrogen) atoms. The van der Waals surface area contributed by atoms with Crippen LogP contribution in [0.1, 0.15) is 23.6 Å². The third-order valence-electron chi connectivity index (χ3n) is 5.74. The second-order valence-corrected chi connectivity index (χ2v) is 7.86. The van der Waals surface area contributed by atoms with Gasteiger partial charge in [0.1, 0.15) is 11.5 Å². The molecule has 0 amide bonds. The number of rotatable bonds is 7. The minimum Gasteiger partial charge on any atom is -0.457 e. The van der Waals surface area contributed by atoms with Gasteiger partial charge in [0, 0.05) is 23.9 Å². The third kappa shape index (κ3) is 5.19. The molecule has 0 radical (unpaired) electrons. The van der Waals surface area contributed by atoms with Crippen molar-refractivity contribution in [1.29, 1.82) is 0 Å². The molecule has 162 valence electrons. The Kier molecular flexibility index (Phi) is 6.66. The highest BCUT2D eigenvalue weighted by molar-refractivity contribution is 5.99. The highest BCUT2D eigenvalue weighted by Gasteiger charge is 2.07. The molecule has 2 heteroatoms. The minimum atomic E-state index is 0.573. The molecule has 4 aromatic rings. The lowest BCUT2D eigenvalue weighted by Crippen LogP contribution is -1.94. The Bertz CT molecular complexity index is 1280. The van der Waals surface area contributed by atoms with Crippen LogP contribution in [0.15, 0.2) is 121 Å². The minimum absolute atomic E-state index is 0.573. The first-order chi connectivity index (χ1) is 16.0. The van der Waals surface area contributed by atoms with Crippen LogP contribution in [0.2, 0.25) is 0 Å². The molecule has 0 N–H and O–H groups in total. The number of benzene rings is 4. The number of hydrogen-bond acceptors (Lipinski definition) is 2. The summed E-state index contributed by atoms with van der Waals surface area (Å²) >= 11 is 0. The van der Waals surface area contributed by atoms with Gasteiger partial charge in [-0.25, -0.2) is 0 Å². The highest BCUT2D eigenvalue weighted by atomic mass is 16.5. The number of ether oxygens (including phenoxy) is 1. The van der Waals surface area contributed by atoms with E-state index in [0.29, 0.717) is 11.5 Å². The van der Waals surface area contributed by atoms with Crippen molar-refractivity contribution in [1.82, 2.24) is 0 Å². The van der Waals surface area contributed by atoms with Crippen molar-refractivity contribution in [3.8, 4) is 22.3 Å². The van der Waals surface area contributed by atoms with E-state index in [9.17, 15) is 0 Å². The molecule has 0 saturated carbocycles. The molecule has 2 nitrogen and oxygen atoms in total. The zero-order valence-corrected chi connectivity index (χ0v) is 19.1. The van der Waals surface area contributed by atoms with E-state index in [1.54, 1.807) is 0 Å². The first-order valence-corrected chi connectivity index (χ1v) is 10.9. The van der Waals surface area contributed by atoms with Gasteiger partial charge in [0.25, 0.3) is 0 Å². The molecule has 0 heterocycles. The molecule has 0 aliphatic carbocycles. The summed E-state index contributed by atoms with van der Waals surface area (Å²) in [5, 5.41) is 0. The van der Waals surface area contributed by atoms with Gasteiger partial charge in [-0.1, -0.05) is 116 Å². The Morgan fingerprint density at radius 3 is 1.30 bits per heavy atom. The molecular weight excluding hydrogens is 402 g/mol. The predicted molar refractivity (Wildman–Crippen MR) is 141 cm³/mol. The van der Waals surface area contributed by atoms with Crippen LogP contribution >= 0.6 is 0 Å². The summed E-state index contributed by atoms with van der Waals surface area (Å²) in [5.41, 5.74) is 8.65. The average molecular weight is 430 g/mol. The van der Waals surface area contributed by atoms with Crippen molar-refractivity contribution in [2.75, 3.05) is 7.05 Å². The zero-order valence-electron chi connectivity index (χ0n) is 19.1. The van der Waals surface area contributed by atoms with Gasteiger partial charge in [0.2, 0.25) is 0 Å². The quantitative estimate of drug-likeness (QED) is 0.215. The third-order valence-corrected chi connectivity index (χ3v) is 5.74. The van der Waals surface area contributed by atoms with E-state index in [-0.39, 0.29) is 0 Å². The number of nitrogens with zero attached hydrogens (tertiary/aromatic N) is 1. The maximum Gasteiger partial charge on any atom is 0.127 e. The molecule has 0 aliphatic heterocycles. The zero-order chi connectivity index (χ0) is 23.2. The van der Waals surface area contributed by atoms with E-state index < -0.39 is 0 Å². The maximum absolute atomic E-state index is 5.97. The molecule has 0 aromatic heterocycles. The van der Waals surface area contributed by atoms with Crippen molar-refractivity contribution >= 4 is 17.2 Å². The molecule has 4 aromatic carbocycles. The fourth-order valence-electron chi connectivity index (χ4n) is 3.63. The first kappa shape index (κ1) is 22.0. The van der Waals surface area contributed by atoms with E-state index in [2.05, 4.69) is 78.8 Å². The lowest BCUT2D eigenvalue weighted by Gasteiger charge is -2.13. The van der Waals surface area contributed by atoms with Crippen molar-refractivity contribution in [3.05, 3.63) is 133 Å². The lowest BCUT2D eigenvalue weighted by atomic mass is 10.0. The van der Waals surface area contributed by atoms with E-state index >= 15 is 0 Å². The summed E-state index contributed by atoms with van der Waals surface area (Å²) in [4.78, 5) is 4.24. The van der Waals surface area contributed by atoms with Gasteiger partial charge in [-0.15, -0.1) is 0 Å². The van der Waals surface area contributed by atoms with E-state index in [0.717, 1.165) is 39.1 Å². The fraction of sp³-hybridized carbons (Fsp3) is 0.0645. The van der Waals surface area contributed by atoms with Gasteiger partial charge >= 0.3 is 0 Å². The number of hydrogen-bond donors (Lipinski definition) is 0. The monoisotopic (exact) mass is 429 g/mol. The van der Waals surface area contributed by atoms with Gasteiger partial charge in [0.15, 0.2) is 0 Å². The smallest absolute Gasteiger partial charge is 0.127 e. The average Bonchev–Trinajstić information content (AvgIpc) is 2.89. The lowest BCUT2D eigenvalue weighted by molar-refractivity contribution is 0.474. The summed E-state index contributed by atoms with van der Waals surface area (Å²) in [5.74, 6) is 1.15. The van der Waals surface area contributed by atoms with Crippen molar-refractivity contribution in [2.24, 2.45) is 4.99 Å². The van der Waals surface area contributed by atoms with E-state index in [1.165, 1.54) is 5.56 Å². The van der Waals surface area contributed by atoms with Gasteiger partial charge in [-0.2, -0.15) is 0 Å². The van der Waals surface area contributed by atoms with Crippen LogP contribution in [-0.2, 0) is 4.74 Å². The molecule has 0 saturated heterocycles. The Labute approximate surface area is 196 Å². The topological polar surface area (TPSA) is 21.6 Å². The number of aliphatic imine (C=N–C) groups is 1. The van der Waals surface area contributed by atoms with Gasteiger partial charge in [-0.3, -0.25) is 4.99 Å². The Morgan fingerprint density at radius 2 is 0.909 bits per heavy atom. The molecule has 0 fully saturated rings. The normalized spacial score (nSPS) is 11.2. The van der Waals surface area contributed by atoms with Crippen molar-refractivity contribution in [2.45, 2.75) is 6.92 Å². The molecular formula is C31H27NO. The Hall–Kier alpha value is -4.17. The van der Waals surface area contributed by atoms with Crippen LogP contribution in [0.3, 0.4) is 0 Å². The van der Waals surface area contributed by atoms with Gasteiger partial charge in [0.05, 0.1) is 0 Å². The second-order valence-electron chi connectivity index (χ2n) is 7.86. The second kappa shape index (κ2) is 9.97. The molecule has 0 aliphatic rings. The highest BCUT2D eigenvalue weighted by Crippen LogP contribution is 2.27. The van der Waals surface area contributed by atoms with Crippen LogP contribution in [-0.4, -0.2) is 12.8 Å². The standard InChI is InChI=1S/C31H27NO/c1-22(32-4)25-10-16-30(17-11-25)31-20-14-27(15-21-31)24(3)33-23(2)26-12-18-29(19-13-26)28-8-6-5-7-9-28/h5-21H,2-3H2,1,4H3. The summed E-state index contributed by atoms with van der Waals surface area (Å²) in [6, 6.07) is 35.1. The molecule has 4 rings (SSSR count). The predicted octanol–water partition coefficient (Wildman–Crippen LogP) is 8.12. The summed E-state index contributed by atoms with van der Waals surface area (Å²) in [6.07, 6.45) is 0. The molecule has 0 spiro atoms. The van der Waals surface area contributed by atoms with Crippen LogP contribution in [0.4, 0.5) is 0 Å². The molecule has 0 unspecified atom stereocenters. The summed E-state index contributed by atoms with van der Waals surface area (Å²) in [6.45, 7) is 10.2. The van der Waals surface area contributed by atoms with E-state index in [4.69, 9.17) is 4.74 Å². The van der Waals surface area contributed by atoms with E-state index in [1.807, 2.05) is 56.4 Å². The van der Waals surface area contributed by atoms with Crippen molar-refractivity contribution < 1.29 is 4.74 Å². The van der Waals surface area contributed by atoms with Crippen LogP contribution < -0.4 is 0 Å². The van der Waals surface area contributed by atoms with Crippen LogP contribution in [0.5, 0.6) is 0 Å². The van der Waals surface area contributed by atoms with Crippen molar-refractivity contribution in [3.63, 3.8) is 0 Å². The fourth-order valence-corrected chi connectivity index (χ4v) is 3.63. The van der Waals surface area contributed by atoms with Crippen LogP contribution in [0, 0.1) is 0 Å². The maximum atomic E-state index is 5.97.